The molecule has 24 heavy (non-hydrogen) atoms. The van der Waals surface area contributed by atoms with Crippen LogP contribution < -0.4 is 10.6 Å². The smallest absolute Gasteiger partial charge is 0.191 e. The number of rotatable bonds is 7. The lowest BCUT2D eigenvalue weighted by molar-refractivity contribution is 0.273. The minimum atomic E-state index is 0.478. The summed E-state index contributed by atoms with van der Waals surface area (Å²) in [4.78, 5) is 7.42. The molecule has 132 valence electrons. The first kappa shape index (κ1) is 17.1. The van der Waals surface area contributed by atoms with Crippen molar-refractivity contribution in [3.63, 3.8) is 0 Å². The van der Waals surface area contributed by atoms with Gasteiger partial charge in [0.05, 0.1) is 12.8 Å². The highest BCUT2D eigenvalue weighted by Crippen LogP contribution is 2.16. The molecule has 0 radical (unpaired) electrons. The molecular weight excluding hydrogens is 300 g/mol. The Kier molecular flexibility index (Phi) is 6.35. The Labute approximate surface area is 145 Å². The number of nitrogens with one attached hydrogen (secondary N) is 2. The van der Waals surface area contributed by atoms with Gasteiger partial charge < -0.3 is 15.1 Å². The van der Waals surface area contributed by atoms with Crippen molar-refractivity contribution >= 4 is 5.96 Å². The maximum Gasteiger partial charge on any atom is 0.191 e. The van der Waals surface area contributed by atoms with Crippen LogP contribution in [0.2, 0.25) is 0 Å². The summed E-state index contributed by atoms with van der Waals surface area (Å²) in [6.07, 6.45) is 11.8. The highest BCUT2D eigenvalue weighted by atomic mass is 16.3. The maximum absolute atomic E-state index is 5.40. The summed E-state index contributed by atoms with van der Waals surface area (Å²) in [6, 6.07) is 5.03. The second kappa shape index (κ2) is 8.92. The molecule has 0 saturated carbocycles. The average Bonchev–Trinajstić information content (AvgIpc) is 3.34. The van der Waals surface area contributed by atoms with Crippen molar-refractivity contribution in [2.45, 2.75) is 51.1 Å². The van der Waals surface area contributed by atoms with Crippen LogP contribution in [0.4, 0.5) is 0 Å². The van der Waals surface area contributed by atoms with Crippen LogP contribution in [-0.2, 0) is 6.42 Å². The highest BCUT2D eigenvalue weighted by molar-refractivity contribution is 5.80. The Balaban J connectivity index is 1.52. The van der Waals surface area contributed by atoms with Crippen molar-refractivity contribution in [3.05, 3.63) is 36.3 Å². The van der Waals surface area contributed by atoms with E-state index in [2.05, 4.69) is 34.6 Å². The molecule has 0 amide bonds. The number of likely N-dealkylation sites (N-methyl/N-ethyl adjacent to an activating group) is 1. The summed E-state index contributed by atoms with van der Waals surface area (Å²) >= 11 is 0. The first-order valence-electron chi connectivity index (χ1n) is 9.31. The van der Waals surface area contributed by atoms with Gasteiger partial charge in [0.15, 0.2) is 5.96 Å². The van der Waals surface area contributed by atoms with Crippen LogP contribution in [0.25, 0.3) is 0 Å². The fraction of sp³-hybridized carbons (Fsp3) is 0.632. The fourth-order valence-electron chi connectivity index (χ4n) is 3.55. The first-order valence-corrected chi connectivity index (χ1v) is 9.31. The van der Waals surface area contributed by atoms with Gasteiger partial charge in [-0.25, -0.2) is 0 Å². The normalized spacial score (nSPS) is 22.4. The molecule has 5 heteroatoms. The quantitative estimate of drug-likeness (QED) is 0.458. The largest absolute Gasteiger partial charge is 0.469 e. The van der Waals surface area contributed by atoms with E-state index in [1.165, 1.54) is 19.4 Å². The third kappa shape index (κ3) is 4.87. The zero-order valence-corrected chi connectivity index (χ0v) is 14.7. The second-order valence-corrected chi connectivity index (χ2v) is 6.65. The lowest BCUT2D eigenvalue weighted by atomic mass is 10.2. The molecule has 1 aliphatic carbocycles. The number of guanidine groups is 1. The molecule has 0 bridgehead atoms. The summed E-state index contributed by atoms with van der Waals surface area (Å²) in [6.45, 7) is 6.30. The molecule has 1 atom stereocenters. The molecule has 3 rings (SSSR count). The van der Waals surface area contributed by atoms with Gasteiger partial charge in [0.1, 0.15) is 5.76 Å². The molecule has 1 aromatic heterocycles. The summed E-state index contributed by atoms with van der Waals surface area (Å²) in [5.41, 5.74) is 0. The van der Waals surface area contributed by atoms with Crippen LogP contribution in [0.1, 0.15) is 38.4 Å². The number of aliphatic imine (C=N–C) groups is 1. The van der Waals surface area contributed by atoms with Crippen LogP contribution >= 0.6 is 0 Å². The Morgan fingerprint density at radius 1 is 1.38 bits per heavy atom. The van der Waals surface area contributed by atoms with Gasteiger partial charge in [-0.3, -0.25) is 9.89 Å². The van der Waals surface area contributed by atoms with Gasteiger partial charge in [-0.15, -0.1) is 0 Å². The number of hydrogen-bond donors (Lipinski definition) is 2. The highest BCUT2D eigenvalue weighted by Gasteiger charge is 2.22. The van der Waals surface area contributed by atoms with Gasteiger partial charge >= 0.3 is 0 Å². The van der Waals surface area contributed by atoms with Crippen molar-refractivity contribution in [2.24, 2.45) is 4.99 Å². The van der Waals surface area contributed by atoms with E-state index in [1.807, 2.05) is 12.1 Å². The van der Waals surface area contributed by atoms with E-state index in [1.54, 1.807) is 6.26 Å². The van der Waals surface area contributed by atoms with Crippen molar-refractivity contribution in [1.29, 1.82) is 0 Å². The van der Waals surface area contributed by atoms with Crippen molar-refractivity contribution < 1.29 is 4.42 Å². The van der Waals surface area contributed by atoms with Gasteiger partial charge in [-0.1, -0.05) is 19.1 Å². The second-order valence-electron chi connectivity index (χ2n) is 6.65. The molecule has 1 fully saturated rings. The Morgan fingerprint density at radius 3 is 3.00 bits per heavy atom. The van der Waals surface area contributed by atoms with E-state index in [0.29, 0.717) is 12.1 Å². The molecule has 1 unspecified atom stereocenters. The van der Waals surface area contributed by atoms with Crippen LogP contribution in [0.3, 0.4) is 0 Å². The van der Waals surface area contributed by atoms with Crippen molar-refractivity contribution in [1.82, 2.24) is 15.5 Å². The molecule has 0 aromatic carbocycles. The number of furan rings is 1. The van der Waals surface area contributed by atoms with Crippen LogP contribution in [0, 0.1) is 0 Å². The van der Waals surface area contributed by atoms with Gasteiger partial charge in [0.2, 0.25) is 0 Å². The van der Waals surface area contributed by atoms with E-state index in [9.17, 15) is 0 Å². The Morgan fingerprint density at radius 2 is 2.25 bits per heavy atom. The Bertz CT molecular complexity index is 530. The summed E-state index contributed by atoms with van der Waals surface area (Å²) in [5, 5.41) is 7.05. The monoisotopic (exact) mass is 330 g/mol. The lowest BCUT2D eigenvalue weighted by Crippen LogP contribution is -2.44. The topological polar surface area (TPSA) is 52.8 Å². The summed E-state index contributed by atoms with van der Waals surface area (Å²) in [5.74, 6) is 1.95. The lowest BCUT2D eigenvalue weighted by Gasteiger charge is -2.22. The number of nitrogens with zero attached hydrogens (tertiary/aromatic N) is 2. The van der Waals surface area contributed by atoms with E-state index in [0.717, 1.165) is 50.6 Å². The van der Waals surface area contributed by atoms with Crippen LogP contribution in [0.5, 0.6) is 0 Å². The van der Waals surface area contributed by atoms with Gasteiger partial charge in [-0.2, -0.15) is 0 Å². The molecule has 2 aliphatic rings. The zero-order valence-electron chi connectivity index (χ0n) is 14.7. The molecular formula is C19H30N4O. The van der Waals surface area contributed by atoms with E-state index in [4.69, 9.17) is 9.41 Å². The molecule has 2 N–H and O–H groups in total. The molecule has 1 aliphatic heterocycles. The predicted molar refractivity (Wildman–Crippen MR) is 98.3 cm³/mol. The third-order valence-electron chi connectivity index (χ3n) is 4.96. The van der Waals surface area contributed by atoms with E-state index in [-0.39, 0.29) is 0 Å². The minimum absolute atomic E-state index is 0.478. The Hall–Kier alpha value is -1.75. The summed E-state index contributed by atoms with van der Waals surface area (Å²) < 4.78 is 5.40. The zero-order chi connectivity index (χ0) is 16.6. The van der Waals surface area contributed by atoms with E-state index >= 15 is 0 Å². The number of likely N-dealkylation sites (tertiary alicyclic amines) is 1. The maximum atomic E-state index is 5.40. The van der Waals surface area contributed by atoms with Gasteiger partial charge in [0.25, 0.3) is 0 Å². The van der Waals surface area contributed by atoms with Crippen molar-refractivity contribution in [3.8, 4) is 0 Å². The average molecular weight is 330 g/mol. The molecule has 1 saturated heterocycles. The molecule has 2 heterocycles. The van der Waals surface area contributed by atoms with E-state index < -0.39 is 0 Å². The fourth-order valence-corrected chi connectivity index (χ4v) is 3.55. The van der Waals surface area contributed by atoms with Crippen molar-refractivity contribution in [2.75, 3.05) is 26.2 Å². The molecule has 1 aromatic rings. The SMILES string of the molecule is CCN1CCCC1CN=C(NCCc1ccco1)NC1CC=CC1. The van der Waals surface area contributed by atoms with Crippen LogP contribution in [-0.4, -0.2) is 49.1 Å². The first-order chi connectivity index (χ1) is 11.8. The summed E-state index contributed by atoms with van der Waals surface area (Å²) in [7, 11) is 0. The van der Waals surface area contributed by atoms with Crippen LogP contribution in [0.15, 0.2) is 40.0 Å². The van der Waals surface area contributed by atoms with Gasteiger partial charge in [0, 0.05) is 25.0 Å². The minimum Gasteiger partial charge on any atom is -0.469 e. The molecule has 0 spiro atoms. The predicted octanol–water partition coefficient (Wildman–Crippen LogP) is 2.56. The van der Waals surface area contributed by atoms with Gasteiger partial charge in [-0.05, 0) is 50.9 Å². The third-order valence-corrected chi connectivity index (χ3v) is 4.96. The standard InChI is InChI=1S/C19H30N4O/c1-2-23-13-5-9-17(23)15-21-19(22-16-7-3-4-8-16)20-12-11-18-10-6-14-24-18/h3-4,6,10,14,16-17H,2,5,7-9,11-13,15H2,1H3,(H2,20,21,22). The number of hydrogen-bond acceptors (Lipinski definition) is 3. The molecule has 5 nitrogen and oxygen atoms in total.